The largest absolute Gasteiger partial charge is 0.519 e. The van der Waals surface area contributed by atoms with Gasteiger partial charge in [0, 0.05) is 108 Å². The fourth-order valence-corrected chi connectivity index (χ4v) is 12.3. The van der Waals surface area contributed by atoms with Crippen LogP contribution in [0.15, 0.2) is 37.0 Å². The monoisotopic (exact) mass is 1350 g/mol. The minimum absolute atomic E-state index is 0.00833. The Balaban J connectivity index is 2.06. The summed E-state index contributed by atoms with van der Waals surface area (Å²) in [6.45, 7) is 3.02. The van der Waals surface area contributed by atoms with Gasteiger partial charge in [0.1, 0.15) is 34.2 Å². The van der Waals surface area contributed by atoms with Gasteiger partial charge in [0.2, 0.25) is 23.6 Å². The number of aliphatic carboxylic acids is 1. The fourth-order valence-electron chi connectivity index (χ4n) is 10.3. The molecule has 5 amide bonds. The molecule has 0 aliphatic carbocycles. The molecule has 0 aliphatic heterocycles. The number of aromatic nitrogens is 1. The maximum absolute atomic E-state index is 14.4. The summed E-state index contributed by atoms with van der Waals surface area (Å²) in [6, 6.07) is 2.26. The zero-order valence-electron chi connectivity index (χ0n) is 57.0. The first-order valence-corrected chi connectivity index (χ1v) is 34.6. The summed E-state index contributed by atoms with van der Waals surface area (Å²) in [4.78, 5) is 168. The maximum Gasteiger partial charge on any atom is 0.519 e. The fraction of sp³-hybridized carbons (Fsp3) is 0.708. The van der Waals surface area contributed by atoms with E-state index in [2.05, 4.69) is 20.9 Å². The van der Waals surface area contributed by atoms with Crippen molar-refractivity contribution in [1.29, 1.82) is 0 Å². The highest BCUT2D eigenvalue weighted by Gasteiger charge is 2.30. The molecule has 0 saturated heterocycles. The molecule has 524 valence electrons. The lowest BCUT2D eigenvalue weighted by atomic mass is 9.85. The first-order valence-electron chi connectivity index (χ1n) is 32.3. The molecule has 26 nitrogen and oxygen atoms in total. The minimum Gasteiger partial charge on any atom is -0.481 e. The predicted molar refractivity (Wildman–Crippen MR) is 357 cm³/mol. The Kier molecular flexibility index (Phi) is 41.6. The number of rotatable bonds is 53. The third kappa shape index (κ3) is 37.4. The van der Waals surface area contributed by atoms with E-state index in [0.717, 1.165) is 16.2 Å². The topological polar surface area (TPSA) is 329 Å². The number of ketones is 5. The van der Waals surface area contributed by atoms with Crippen LogP contribution in [0.25, 0.3) is 0 Å². The summed E-state index contributed by atoms with van der Waals surface area (Å²) in [5.74, 6) is -3.96. The average Bonchev–Trinajstić information content (AvgIpc) is 1.90. The van der Waals surface area contributed by atoms with Crippen molar-refractivity contribution in [2.24, 2.45) is 17.8 Å². The van der Waals surface area contributed by atoms with Crippen molar-refractivity contribution in [3.8, 4) is 0 Å². The van der Waals surface area contributed by atoms with Gasteiger partial charge in [-0.05, 0) is 150 Å². The summed E-state index contributed by atoms with van der Waals surface area (Å²) in [6.07, 6.45) is 9.89. The van der Waals surface area contributed by atoms with Crippen molar-refractivity contribution in [2.75, 3.05) is 129 Å². The van der Waals surface area contributed by atoms with Crippen LogP contribution in [0.2, 0.25) is 0 Å². The number of hydrogen-bond donors (Lipinski definition) is 4. The highest BCUT2D eigenvalue weighted by molar-refractivity contribution is 8.76. The molecule has 0 spiro atoms. The predicted octanol–water partition coefficient (Wildman–Crippen LogP) is 5.95. The number of nitrogens with one attached hydrogen (secondary N) is 3. The second-order valence-corrected chi connectivity index (χ2v) is 27.4. The Morgan fingerprint density at radius 2 is 1.09 bits per heavy atom. The van der Waals surface area contributed by atoms with Crippen molar-refractivity contribution < 1.29 is 71.4 Å². The third-order valence-electron chi connectivity index (χ3n) is 15.2. The number of nitrogens with zero attached hydrogens (tertiary/aromatic N) is 7. The van der Waals surface area contributed by atoms with Crippen LogP contribution >= 0.6 is 21.6 Å². The summed E-state index contributed by atoms with van der Waals surface area (Å²) in [5, 5.41) is 18.6. The van der Waals surface area contributed by atoms with Gasteiger partial charge in [-0.1, -0.05) is 42.9 Å². The Morgan fingerprint density at radius 1 is 0.581 bits per heavy atom. The van der Waals surface area contributed by atoms with Gasteiger partial charge in [0.15, 0.2) is 23.9 Å². The van der Waals surface area contributed by atoms with Gasteiger partial charge in [-0.2, -0.15) is 0 Å². The second kappa shape index (κ2) is 46.7. The lowest BCUT2D eigenvalue weighted by Gasteiger charge is -2.26. The van der Waals surface area contributed by atoms with Gasteiger partial charge in [-0.25, -0.2) is 14.6 Å². The number of carbonyl (C=O) groups excluding carboxylic acids is 10. The number of hydrogen-bond acceptors (Lipinski definition) is 22. The average molecular weight is 1350 g/mol. The van der Waals surface area contributed by atoms with Crippen LogP contribution in [0.3, 0.4) is 0 Å². The van der Waals surface area contributed by atoms with E-state index in [0.29, 0.717) is 119 Å². The summed E-state index contributed by atoms with van der Waals surface area (Å²) in [5.41, 5.74) is 0.440. The summed E-state index contributed by atoms with van der Waals surface area (Å²) >= 11 is 0. The number of Topliss-reactive ketones (excluding diaryl/α,β-unsaturated/α-hetero) is 5. The number of carboxylic acids is 1. The number of ether oxygens (including phenoxy) is 1. The lowest BCUT2D eigenvalue weighted by molar-refractivity contribution is -0.145. The molecule has 0 unspecified atom stereocenters. The molecule has 2 aromatic heterocycles. The number of carboxylic acid groups (broad SMARTS) is 1. The molecule has 4 N–H and O–H groups in total. The zero-order chi connectivity index (χ0) is 69.4. The van der Waals surface area contributed by atoms with E-state index >= 15 is 0 Å². The molecule has 2 rings (SSSR count). The number of unbranched alkanes of at least 4 members (excludes halogenated alkanes) is 6. The highest BCUT2D eigenvalue weighted by Crippen LogP contribution is 2.32. The van der Waals surface area contributed by atoms with Gasteiger partial charge in [-0.15, -0.1) is 0 Å². The molecule has 0 fully saturated rings. The van der Waals surface area contributed by atoms with E-state index in [1.807, 2.05) is 56.4 Å². The molecule has 93 heavy (non-hydrogen) atoms. The van der Waals surface area contributed by atoms with Gasteiger partial charge in [0.05, 0.1) is 32.6 Å². The van der Waals surface area contributed by atoms with E-state index in [4.69, 9.17) is 13.6 Å². The minimum atomic E-state index is -1.30. The van der Waals surface area contributed by atoms with Gasteiger partial charge < -0.3 is 64.0 Å². The number of amides is 5. The van der Waals surface area contributed by atoms with Crippen LogP contribution in [0.1, 0.15) is 157 Å². The van der Waals surface area contributed by atoms with Crippen LogP contribution in [0.4, 0.5) is 4.79 Å². The third-order valence-corrected chi connectivity index (χ3v) is 17.6. The SMILES string of the molecule is Cc1oc(=O)oc1COC(=O)N(C)CCNC(=O)[C@H](CC(=O)O)N(C)C(=O)CCCCCSSc1ccc(C(=O)C(CCCCC(=O)[C@H](CCCCNC(=O)CN(C)C)CC(=O)CN(C)C)CCCCC(=O)[C@H](CCCCNC(=O)CN(C)C)CC(=O)CN(C)C)cn1. The van der Waals surface area contributed by atoms with E-state index in [-0.39, 0.29) is 130 Å². The number of aryl methyl sites for hydroxylation is 1. The van der Waals surface area contributed by atoms with Gasteiger partial charge in [0.25, 0.3) is 0 Å². The van der Waals surface area contributed by atoms with Crippen LogP contribution in [0, 0.1) is 24.7 Å². The molecule has 2 aromatic rings. The van der Waals surface area contributed by atoms with E-state index in [1.165, 1.54) is 31.8 Å². The van der Waals surface area contributed by atoms with E-state index in [9.17, 15) is 62.6 Å². The van der Waals surface area contributed by atoms with Crippen molar-refractivity contribution >= 4 is 86.2 Å². The summed E-state index contributed by atoms with van der Waals surface area (Å²) in [7, 11) is 20.3. The van der Waals surface area contributed by atoms with Crippen molar-refractivity contribution in [3.05, 3.63) is 46.0 Å². The number of pyridine rings is 1. The Morgan fingerprint density at radius 3 is 1.56 bits per heavy atom. The summed E-state index contributed by atoms with van der Waals surface area (Å²) < 4.78 is 14.7. The molecular formula is C65H106N10O16S2. The van der Waals surface area contributed by atoms with Crippen LogP contribution in [-0.2, 0) is 54.5 Å². The molecule has 2 heterocycles. The van der Waals surface area contributed by atoms with Crippen LogP contribution in [0.5, 0.6) is 0 Å². The first-order chi connectivity index (χ1) is 44.1. The molecular weight excluding hydrogens is 1240 g/mol. The number of carbonyl (C=O) groups is 11. The molecule has 0 bridgehead atoms. The normalized spacial score (nSPS) is 12.4. The lowest BCUT2D eigenvalue weighted by Crippen LogP contribution is -2.50. The van der Waals surface area contributed by atoms with Gasteiger partial charge >= 0.3 is 17.9 Å². The maximum atomic E-state index is 14.4. The Labute approximate surface area is 557 Å². The molecule has 0 aromatic carbocycles. The zero-order valence-corrected chi connectivity index (χ0v) is 58.6. The Hall–Kier alpha value is -6.33. The second-order valence-electron chi connectivity index (χ2n) is 24.9. The molecule has 0 aliphatic rings. The quantitative estimate of drug-likeness (QED) is 0.0337. The molecule has 0 saturated carbocycles. The number of likely N-dealkylation sites (N-methyl/N-ethyl adjacent to an activating group) is 6. The first kappa shape index (κ1) is 82.8. The molecule has 28 heteroatoms. The van der Waals surface area contributed by atoms with Crippen LogP contribution in [-0.4, -0.2) is 239 Å². The van der Waals surface area contributed by atoms with E-state index < -0.39 is 59.9 Å². The molecule has 0 radical (unpaired) electrons. The standard InChI is InChI=1S/C65H106N10O16S2/c1-46-56(91-65(88)90-46)45-89-64(87)74(10)35-34-68-63(86)53(39-61(83)84)75(11)60(82)29-13-12-22-36-92-93-59-31-30-50(40-69-59)62(85)47(23-14-16-27-54(78)48(37-51(76)41-70(2)3)25-18-20-32-66-57(80)43-72(6)7)24-15-17-28-55(79)49(38-52(77)42-71(4)5)26-19-21-33-67-58(81)44-73(8)9/h30-31,40,47-49,53H,12-29,32-39,41-45H2,1-11H3,(H,66,80)(H,67,81)(H,68,86)(H,83,84)/t48-,49-,53+/m1/s1. The van der Waals surface area contributed by atoms with Crippen molar-refractivity contribution in [3.63, 3.8) is 0 Å². The smallest absolute Gasteiger partial charge is 0.481 e. The highest BCUT2D eigenvalue weighted by atomic mass is 33.1. The van der Waals surface area contributed by atoms with Gasteiger partial charge in [-0.3, -0.25) is 47.9 Å². The van der Waals surface area contributed by atoms with Crippen molar-refractivity contribution in [1.82, 2.24) is 50.3 Å². The van der Waals surface area contributed by atoms with E-state index in [1.54, 1.807) is 48.7 Å². The Bertz CT molecular complexity index is 2640. The molecule has 3 atom stereocenters. The van der Waals surface area contributed by atoms with Crippen LogP contribution < -0.4 is 21.8 Å². The van der Waals surface area contributed by atoms with Crippen molar-refractivity contribution in [2.45, 2.75) is 159 Å².